The zero-order chi connectivity index (χ0) is 21.9. The van der Waals surface area contributed by atoms with Gasteiger partial charge in [0.2, 0.25) is 0 Å². The Hall–Kier alpha value is -2.64. The first-order valence-corrected chi connectivity index (χ1v) is 12.4. The quantitative estimate of drug-likeness (QED) is 0.556. The van der Waals surface area contributed by atoms with Gasteiger partial charge in [0.15, 0.2) is 5.13 Å². The molecule has 6 nitrogen and oxygen atoms in total. The molecule has 1 aromatic carbocycles. The first kappa shape index (κ1) is 21.2. The van der Waals surface area contributed by atoms with Crippen molar-refractivity contribution in [1.82, 2.24) is 9.55 Å². The summed E-state index contributed by atoms with van der Waals surface area (Å²) in [5.41, 5.74) is 4.24. The Bertz CT molecular complexity index is 1050. The van der Waals surface area contributed by atoms with E-state index in [2.05, 4.69) is 51.4 Å². The fourth-order valence-electron chi connectivity index (χ4n) is 4.76. The molecule has 2 aliphatic heterocycles. The molecule has 2 fully saturated rings. The molecule has 3 aromatic rings. The number of hydrogen-bond donors (Lipinski definition) is 1. The second kappa shape index (κ2) is 9.46. The molecule has 1 N–H and O–H groups in total. The summed E-state index contributed by atoms with van der Waals surface area (Å²) in [5, 5.41) is 5.79. The molecule has 0 aliphatic carbocycles. The van der Waals surface area contributed by atoms with Crippen LogP contribution in [0.4, 0.5) is 10.8 Å². The topological polar surface area (TPSA) is 59.4 Å². The lowest BCUT2D eigenvalue weighted by molar-refractivity contribution is 0.0610. The van der Waals surface area contributed by atoms with E-state index in [1.807, 2.05) is 18.3 Å². The molecule has 2 aromatic heterocycles. The van der Waals surface area contributed by atoms with Crippen molar-refractivity contribution in [3.8, 4) is 0 Å². The first-order chi connectivity index (χ1) is 15.7. The van der Waals surface area contributed by atoms with Gasteiger partial charge in [0, 0.05) is 43.6 Å². The maximum atomic E-state index is 13.0. The summed E-state index contributed by atoms with van der Waals surface area (Å²) in [4.78, 5) is 20.2. The van der Waals surface area contributed by atoms with Crippen LogP contribution in [0.5, 0.6) is 0 Å². The molecule has 2 saturated heterocycles. The Morgan fingerprint density at radius 1 is 1.19 bits per heavy atom. The highest BCUT2D eigenvalue weighted by Gasteiger charge is 2.28. The van der Waals surface area contributed by atoms with Crippen molar-refractivity contribution in [3.05, 3.63) is 64.9 Å². The third-order valence-electron chi connectivity index (χ3n) is 6.56. The number of ether oxygens (including phenoxy) is 1. The lowest BCUT2D eigenvalue weighted by Gasteiger charge is -2.25. The van der Waals surface area contributed by atoms with Crippen LogP contribution in [0.15, 0.2) is 48.0 Å². The smallest absolute Gasteiger partial charge is 0.274 e. The minimum atomic E-state index is -0.0928. The number of rotatable bonds is 6. The maximum Gasteiger partial charge on any atom is 0.274 e. The monoisotopic (exact) mass is 450 g/mol. The highest BCUT2D eigenvalue weighted by atomic mass is 32.1. The van der Waals surface area contributed by atoms with Crippen LogP contribution in [-0.4, -0.2) is 35.2 Å². The van der Waals surface area contributed by atoms with Gasteiger partial charge in [0.25, 0.3) is 5.91 Å². The van der Waals surface area contributed by atoms with E-state index >= 15 is 0 Å². The molecule has 2 aliphatic rings. The van der Waals surface area contributed by atoms with Gasteiger partial charge in [-0.3, -0.25) is 10.1 Å². The van der Waals surface area contributed by atoms with E-state index in [-0.39, 0.29) is 11.9 Å². The molecule has 4 heterocycles. The Morgan fingerprint density at radius 3 is 2.81 bits per heavy atom. The van der Waals surface area contributed by atoms with E-state index in [0.717, 1.165) is 57.7 Å². The lowest BCUT2D eigenvalue weighted by atomic mass is 10.0. The van der Waals surface area contributed by atoms with E-state index in [1.165, 1.54) is 22.6 Å². The number of aromatic nitrogens is 2. The molecule has 0 radical (unpaired) electrons. The van der Waals surface area contributed by atoms with Crippen LogP contribution < -0.4 is 10.2 Å². The van der Waals surface area contributed by atoms with Crippen molar-refractivity contribution in [2.24, 2.45) is 5.92 Å². The predicted octanol–water partition coefficient (Wildman–Crippen LogP) is 5.27. The fourth-order valence-corrected chi connectivity index (χ4v) is 5.52. The fraction of sp³-hybridized carbons (Fsp3) is 0.440. The zero-order valence-electron chi connectivity index (χ0n) is 18.5. The summed E-state index contributed by atoms with van der Waals surface area (Å²) in [7, 11) is 0. The molecule has 1 amide bonds. The van der Waals surface area contributed by atoms with Gasteiger partial charge in [-0.05, 0) is 62.8 Å². The standard InChI is InChI=1S/C25H30N4O2S/c1-18-6-8-20(9-7-18)29-13-3-4-22(29)21-17-32-25(26-21)27-24(30)23-5-2-12-28(23)16-19-10-14-31-15-11-19/h2,5-9,12,17,19,22H,3-4,10-11,13-16H2,1H3,(H,26,27,30)/t22-/m1/s1. The number of aryl methyl sites for hydroxylation is 1. The number of carbonyl (C=O) groups is 1. The number of hydrogen-bond acceptors (Lipinski definition) is 5. The third-order valence-corrected chi connectivity index (χ3v) is 7.34. The van der Waals surface area contributed by atoms with Crippen LogP contribution in [0.2, 0.25) is 0 Å². The second-order valence-corrected chi connectivity index (χ2v) is 9.68. The normalized spacial score (nSPS) is 19.4. The highest BCUT2D eigenvalue weighted by Crippen LogP contribution is 2.37. The van der Waals surface area contributed by atoms with Crippen LogP contribution >= 0.6 is 11.3 Å². The van der Waals surface area contributed by atoms with Crippen molar-refractivity contribution in [2.75, 3.05) is 30.0 Å². The molecule has 7 heteroatoms. The molecule has 168 valence electrons. The third kappa shape index (κ3) is 4.59. The number of benzene rings is 1. The van der Waals surface area contributed by atoms with Crippen LogP contribution in [0.3, 0.4) is 0 Å². The van der Waals surface area contributed by atoms with Gasteiger partial charge in [-0.2, -0.15) is 0 Å². The Morgan fingerprint density at radius 2 is 2.00 bits per heavy atom. The first-order valence-electron chi connectivity index (χ1n) is 11.5. The van der Waals surface area contributed by atoms with Crippen molar-refractivity contribution in [2.45, 2.75) is 45.2 Å². The van der Waals surface area contributed by atoms with Gasteiger partial charge in [-0.15, -0.1) is 11.3 Å². The van der Waals surface area contributed by atoms with Gasteiger partial charge in [-0.1, -0.05) is 17.7 Å². The molecule has 0 spiro atoms. The maximum absolute atomic E-state index is 13.0. The van der Waals surface area contributed by atoms with Crippen LogP contribution in [0.25, 0.3) is 0 Å². The molecule has 1 atom stereocenters. The van der Waals surface area contributed by atoms with E-state index in [1.54, 1.807) is 0 Å². The lowest BCUT2D eigenvalue weighted by Crippen LogP contribution is -2.24. The van der Waals surface area contributed by atoms with Gasteiger partial charge < -0.3 is 14.2 Å². The van der Waals surface area contributed by atoms with E-state index in [4.69, 9.17) is 9.72 Å². The Balaban J connectivity index is 1.26. The average Bonchev–Trinajstić information content (AvgIpc) is 3.55. The zero-order valence-corrected chi connectivity index (χ0v) is 19.3. The van der Waals surface area contributed by atoms with E-state index in [9.17, 15) is 4.79 Å². The minimum Gasteiger partial charge on any atom is -0.381 e. The van der Waals surface area contributed by atoms with Gasteiger partial charge in [0.1, 0.15) is 5.69 Å². The highest BCUT2D eigenvalue weighted by molar-refractivity contribution is 7.14. The number of nitrogens with zero attached hydrogens (tertiary/aromatic N) is 3. The summed E-state index contributed by atoms with van der Waals surface area (Å²) in [5.74, 6) is 0.467. The van der Waals surface area contributed by atoms with Gasteiger partial charge in [-0.25, -0.2) is 4.98 Å². The SMILES string of the molecule is Cc1ccc(N2CCC[C@@H]2c2csc(NC(=O)c3cccn3CC3CCOCC3)n2)cc1. The summed E-state index contributed by atoms with van der Waals surface area (Å²) >= 11 is 1.51. The second-order valence-electron chi connectivity index (χ2n) is 8.82. The van der Waals surface area contributed by atoms with Crippen molar-refractivity contribution < 1.29 is 9.53 Å². The van der Waals surface area contributed by atoms with Crippen molar-refractivity contribution in [1.29, 1.82) is 0 Å². The summed E-state index contributed by atoms with van der Waals surface area (Å²) in [6, 6.07) is 12.8. The molecule has 32 heavy (non-hydrogen) atoms. The van der Waals surface area contributed by atoms with Crippen LogP contribution in [0, 0.1) is 12.8 Å². The number of anilines is 2. The minimum absolute atomic E-state index is 0.0928. The van der Waals surface area contributed by atoms with Crippen molar-refractivity contribution in [3.63, 3.8) is 0 Å². The van der Waals surface area contributed by atoms with Crippen LogP contribution in [-0.2, 0) is 11.3 Å². The number of carbonyl (C=O) groups excluding carboxylic acids is 1. The Kier molecular flexibility index (Phi) is 6.28. The Labute approximate surface area is 193 Å². The van der Waals surface area contributed by atoms with Crippen LogP contribution in [0.1, 0.15) is 53.5 Å². The molecule has 0 bridgehead atoms. The van der Waals surface area contributed by atoms with Gasteiger partial charge >= 0.3 is 0 Å². The molecule has 0 saturated carbocycles. The number of nitrogens with one attached hydrogen (secondary N) is 1. The molecule has 0 unspecified atom stereocenters. The number of thiazole rings is 1. The molecular weight excluding hydrogens is 420 g/mol. The van der Waals surface area contributed by atoms with Gasteiger partial charge in [0.05, 0.1) is 11.7 Å². The average molecular weight is 451 g/mol. The van der Waals surface area contributed by atoms with E-state index in [0.29, 0.717) is 16.7 Å². The summed E-state index contributed by atoms with van der Waals surface area (Å²) < 4.78 is 7.53. The summed E-state index contributed by atoms with van der Waals surface area (Å²) in [6.07, 6.45) is 6.33. The van der Waals surface area contributed by atoms with E-state index < -0.39 is 0 Å². The largest absolute Gasteiger partial charge is 0.381 e. The van der Waals surface area contributed by atoms with Crippen molar-refractivity contribution >= 4 is 28.1 Å². The summed E-state index contributed by atoms with van der Waals surface area (Å²) in [6.45, 7) is 5.63. The number of amides is 1. The molecular formula is C25H30N4O2S. The molecule has 5 rings (SSSR count). The predicted molar refractivity (Wildman–Crippen MR) is 129 cm³/mol.